The maximum absolute atomic E-state index is 12.6. The summed E-state index contributed by atoms with van der Waals surface area (Å²) in [6.07, 6.45) is 102. The molecule has 0 aliphatic rings. The molecule has 2 atom stereocenters. The summed E-state index contributed by atoms with van der Waals surface area (Å²) in [6, 6.07) is -0.539. The average molecular weight is 1120 g/mol. The molecule has 0 heterocycles. The summed E-state index contributed by atoms with van der Waals surface area (Å²) in [5.41, 5.74) is 0. The third-order valence-corrected chi connectivity index (χ3v) is 17.0. The number of aliphatic hydroxyl groups is 2. The van der Waals surface area contributed by atoms with Gasteiger partial charge in [-0.05, 0) is 57.8 Å². The van der Waals surface area contributed by atoms with Crippen LogP contribution in [0.15, 0.2) is 60.8 Å². The van der Waals surface area contributed by atoms with Crippen LogP contribution in [-0.2, 0) is 4.79 Å². The van der Waals surface area contributed by atoms with E-state index in [0.717, 1.165) is 57.8 Å². The summed E-state index contributed by atoms with van der Waals surface area (Å²) in [5, 5.41) is 23.5. The van der Waals surface area contributed by atoms with E-state index < -0.39 is 12.1 Å². The molecule has 3 N–H and O–H groups in total. The lowest BCUT2D eigenvalue weighted by molar-refractivity contribution is -0.123. The van der Waals surface area contributed by atoms with Gasteiger partial charge in [0.2, 0.25) is 5.91 Å². The molecule has 0 radical (unpaired) electrons. The third kappa shape index (κ3) is 66.9. The Balaban J connectivity index is 3.39. The fraction of sp³-hybridized carbons (Fsp3) is 0.855. The van der Waals surface area contributed by atoms with Gasteiger partial charge in [-0.3, -0.25) is 4.79 Å². The van der Waals surface area contributed by atoms with Gasteiger partial charge in [0, 0.05) is 6.42 Å². The van der Waals surface area contributed by atoms with Crippen molar-refractivity contribution in [2.75, 3.05) is 6.61 Å². The van der Waals surface area contributed by atoms with Gasteiger partial charge in [-0.25, -0.2) is 0 Å². The lowest BCUT2D eigenvalue weighted by Crippen LogP contribution is -2.45. The summed E-state index contributed by atoms with van der Waals surface area (Å²) in [4.78, 5) is 12.6. The second-order valence-corrected chi connectivity index (χ2v) is 25.0. The number of carbonyl (C=O) groups excluding carboxylic acids is 1. The zero-order chi connectivity index (χ0) is 57.6. The van der Waals surface area contributed by atoms with Gasteiger partial charge < -0.3 is 15.5 Å². The summed E-state index contributed by atoms with van der Waals surface area (Å²) < 4.78 is 0. The highest BCUT2D eigenvalue weighted by molar-refractivity contribution is 5.76. The van der Waals surface area contributed by atoms with E-state index in [9.17, 15) is 15.0 Å². The first kappa shape index (κ1) is 78.1. The minimum absolute atomic E-state index is 0.0244. The first-order valence-electron chi connectivity index (χ1n) is 36.5. The van der Waals surface area contributed by atoms with E-state index >= 15 is 0 Å². The Morgan fingerprint density at radius 1 is 0.312 bits per heavy atom. The Hall–Kier alpha value is -1.91. The standard InChI is InChI=1S/C76H143NO3/c1-3-5-7-9-11-13-15-17-19-21-23-25-27-29-31-33-35-37-38-40-42-44-46-48-50-52-54-56-58-60-62-64-66-68-70-72-76(80)77-74(73-78)75(79)71-69-67-65-63-61-59-57-55-53-51-49-47-45-43-41-39-36-34-32-30-28-26-24-22-20-18-16-14-12-10-8-6-4-2/h5,7,11,13,17,19,23,25,29,31,74-75,78-79H,3-4,6,8-10,12,14-16,18,20-22,24,26-28,30,32-73H2,1-2H3,(H,77,80)/b7-5-,13-11-,19-17-,25-23-,31-29-. The quantitative estimate of drug-likeness (QED) is 0.0420. The maximum atomic E-state index is 12.6. The molecule has 0 fully saturated rings. The van der Waals surface area contributed by atoms with Crippen molar-refractivity contribution in [2.24, 2.45) is 0 Å². The van der Waals surface area contributed by atoms with Gasteiger partial charge in [0.25, 0.3) is 0 Å². The summed E-state index contributed by atoms with van der Waals surface area (Å²) in [7, 11) is 0. The minimum atomic E-state index is -0.662. The van der Waals surface area contributed by atoms with Crippen LogP contribution < -0.4 is 5.32 Å². The van der Waals surface area contributed by atoms with Crippen LogP contribution >= 0.6 is 0 Å². The Kier molecular flexibility index (Phi) is 69.6. The van der Waals surface area contributed by atoms with Gasteiger partial charge in [0.15, 0.2) is 0 Å². The predicted octanol–water partition coefficient (Wildman–Crippen LogP) is 25.1. The number of hydrogen-bond acceptors (Lipinski definition) is 3. The third-order valence-electron chi connectivity index (χ3n) is 17.0. The first-order valence-corrected chi connectivity index (χ1v) is 36.5. The maximum Gasteiger partial charge on any atom is 0.220 e. The van der Waals surface area contributed by atoms with E-state index in [1.54, 1.807) is 0 Å². The Morgan fingerprint density at radius 2 is 0.550 bits per heavy atom. The molecule has 0 saturated heterocycles. The fourth-order valence-electron chi connectivity index (χ4n) is 11.6. The largest absolute Gasteiger partial charge is 0.394 e. The molecule has 0 saturated carbocycles. The molecule has 0 aliphatic heterocycles. The van der Waals surface area contributed by atoms with Gasteiger partial charge >= 0.3 is 0 Å². The molecule has 0 aliphatic carbocycles. The summed E-state index contributed by atoms with van der Waals surface area (Å²) in [6.45, 7) is 4.29. The number of hydrogen-bond donors (Lipinski definition) is 3. The van der Waals surface area contributed by atoms with Crippen molar-refractivity contribution in [3.05, 3.63) is 60.8 Å². The lowest BCUT2D eigenvalue weighted by atomic mass is 10.0. The van der Waals surface area contributed by atoms with Crippen molar-refractivity contribution in [1.82, 2.24) is 5.32 Å². The second kappa shape index (κ2) is 71.4. The number of allylic oxidation sites excluding steroid dienone is 10. The highest BCUT2D eigenvalue weighted by Crippen LogP contribution is 2.20. The average Bonchev–Trinajstić information content (AvgIpc) is 3.46. The summed E-state index contributed by atoms with van der Waals surface area (Å²) in [5.74, 6) is -0.0244. The monoisotopic (exact) mass is 1120 g/mol. The van der Waals surface area contributed by atoms with E-state index in [1.807, 2.05) is 0 Å². The van der Waals surface area contributed by atoms with Gasteiger partial charge in [-0.15, -0.1) is 0 Å². The SMILES string of the molecule is CC/C=C\C/C=C\C/C=C\C/C=C\C/C=C\CCCCCCCCCCCCCCCCCCCCCC(=O)NC(CO)C(O)CCCCCCCCCCCCCCCCCCCCCCCCCCCCCCCCCCC. The van der Waals surface area contributed by atoms with Crippen molar-refractivity contribution in [3.8, 4) is 0 Å². The van der Waals surface area contributed by atoms with Crippen molar-refractivity contribution in [1.29, 1.82) is 0 Å². The van der Waals surface area contributed by atoms with Gasteiger partial charge in [-0.1, -0.05) is 396 Å². The molecule has 80 heavy (non-hydrogen) atoms. The van der Waals surface area contributed by atoms with Crippen LogP contribution in [0.3, 0.4) is 0 Å². The van der Waals surface area contributed by atoms with Crippen molar-refractivity contribution in [2.45, 2.75) is 411 Å². The van der Waals surface area contributed by atoms with Gasteiger partial charge in [-0.2, -0.15) is 0 Å². The Bertz CT molecular complexity index is 1310. The molecule has 0 aromatic heterocycles. The highest BCUT2D eigenvalue weighted by Gasteiger charge is 2.20. The molecular formula is C76H143NO3. The zero-order valence-electron chi connectivity index (χ0n) is 54.4. The molecule has 0 spiro atoms. The summed E-state index contributed by atoms with van der Waals surface area (Å²) >= 11 is 0. The Labute approximate surface area is 502 Å². The molecule has 0 aromatic carbocycles. The van der Waals surface area contributed by atoms with E-state index in [2.05, 4.69) is 79.9 Å². The van der Waals surface area contributed by atoms with Crippen LogP contribution in [0.2, 0.25) is 0 Å². The molecule has 1 amide bonds. The molecule has 2 unspecified atom stereocenters. The van der Waals surface area contributed by atoms with Crippen LogP contribution in [0.25, 0.3) is 0 Å². The molecule has 0 aromatic rings. The van der Waals surface area contributed by atoms with Crippen LogP contribution in [0.1, 0.15) is 399 Å². The molecule has 0 bridgehead atoms. The number of unbranched alkanes of at least 4 members (excludes halogenated alkanes) is 51. The van der Waals surface area contributed by atoms with Crippen molar-refractivity contribution in [3.63, 3.8) is 0 Å². The second-order valence-electron chi connectivity index (χ2n) is 25.0. The smallest absolute Gasteiger partial charge is 0.220 e. The van der Waals surface area contributed by atoms with E-state index in [1.165, 1.54) is 315 Å². The van der Waals surface area contributed by atoms with Crippen LogP contribution in [0, 0.1) is 0 Å². The van der Waals surface area contributed by atoms with E-state index in [-0.39, 0.29) is 12.5 Å². The van der Waals surface area contributed by atoms with Crippen LogP contribution in [-0.4, -0.2) is 34.9 Å². The Morgan fingerprint density at radius 3 is 0.825 bits per heavy atom. The van der Waals surface area contributed by atoms with Gasteiger partial charge in [0.1, 0.15) is 0 Å². The number of nitrogens with one attached hydrogen (secondary N) is 1. The highest BCUT2D eigenvalue weighted by atomic mass is 16.3. The predicted molar refractivity (Wildman–Crippen MR) is 359 cm³/mol. The normalized spacial score (nSPS) is 13.0. The first-order chi connectivity index (χ1) is 39.7. The molecule has 470 valence electrons. The molecular weight excluding hydrogens is 975 g/mol. The van der Waals surface area contributed by atoms with E-state index in [0.29, 0.717) is 12.8 Å². The van der Waals surface area contributed by atoms with Crippen LogP contribution in [0.5, 0.6) is 0 Å². The fourth-order valence-corrected chi connectivity index (χ4v) is 11.6. The minimum Gasteiger partial charge on any atom is -0.394 e. The van der Waals surface area contributed by atoms with Gasteiger partial charge in [0.05, 0.1) is 18.8 Å². The van der Waals surface area contributed by atoms with Crippen molar-refractivity contribution >= 4 is 5.91 Å². The van der Waals surface area contributed by atoms with E-state index in [4.69, 9.17) is 0 Å². The number of aliphatic hydroxyl groups excluding tert-OH is 2. The molecule has 4 heteroatoms. The number of amides is 1. The molecule has 0 rings (SSSR count). The van der Waals surface area contributed by atoms with Crippen molar-refractivity contribution < 1.29 is 15.0 Å². The zero-order valence-corrected chi connectivity index (χ0v) is 54.4. The number of carbonyl (C=O) groups is 1. The molecule has 4 nitrogen and oxygen atoms in total. The lowest BCUT2D eigenvalue weighted by Gasteiger charge is -2.22. The van der Waals surface area contributed by atoms with Crippen LogP contribution in [0.4, 0.5) is 0 Å². The topological polar surface area (TPSA) is 69.6 Å². The number of rotatable bonds is 68.